The van der Waals surface area contributed by atoms with Crippen molar-refractivity contribution in [3.63, 3.8) is 0 Å². The molecule has 2 amide bonds. The maximum Gasteiger partial charge on any atom is 0.317 e. The minimum Gasteiger partial charge on any atom is -0.379 e. The zero-order chi connectivity index (χ0) is 16.7. The number of nitrogens with zero attached hydrogens (tertiary/aromatic N) is 2. The Hall–Kier alpha value is -0.810. The molecule has 1 aliphatic heterocycles. The van der Waals surface area contributed by atoms with Crippen molar-refractivity contribution in [2.45, 2.75) is 52.5 Å². The first-order valence-electron chi connectivity index (χ1n) is 9.44. The molecular formula is C18H35N3O2. The Kier molecular flexibility index (Phi) is 7.63. The number of urea groups is 1. The summed E-state index contributed by atoms with van der Waals surface area (Å²) in [5.74, 6) is 1.39. The molecule has 1 unspecified atom stereocenters. The van der Waals surface area contributed by atoms with E-state index in [4.69, 9.17) is 4.74 Å². The Morgan fingerprint density at radius 2 is 2.00 bits per heavy atom. The van der Waals surface area contributed by atoms with Gasteiger partial charge in [-0.2, -0.15) is 0 Å². The highest BCUT2D eigenvalue weighted by Gasteiger charge is 2.27. The van der Waals surface area contributed by atoms with Crippen LogP contribution in [-0.4, -0.2) is 67.8 Å². The summed E-state index contributed by atoms with van der Waals surface area (Å²) < 4.78 is 5.46. The van der Waals surface area contributed by atoms with E-state index in [2.05, 4.69) is 31.0 Å². The smallest absolute Gasteiger partial charge is 0.317 e. The molecule has 2 rings (SSSR count). The molecule has 0 aromatic carbocycles. The van der Waals surface area contributed by atoms with Crippen molar-refractivity contribution in [1.29, 1.82) is 0 Å². The molecule has 1 aliphatic carbocycles. The van der Waals surface area contributed by atoms with E-state index in [1.807, 2.05) is 4.90 Å². The van der Waals surface area contributed by atoms with E-state index in [0.29, 0.717) is 12.0 Å². The van der Waals surface area contributed by atoms with Crippen molar-refractivity contribution < 1.29 is 9.53 Å². The van der Waals surface area contributed by atoms with Crippen molar-refractivity contribution in [2.24, 2.45) is 11.8 Å². The average Bonchev–Trinajstić information content (AvgIpc) is 3.35. The Labute approximate surface area is 141 Å². The summed E-state index contributed by atoms with van der Waals surface area (Å²) >= 11 is 0. The van der Waals surface area contributed by atoms with Gasteiger partial charge >= 0.3 is 6.03 Å². The van der Waals surface area contributed by atoms with Crippen molar-refractivity contribution in [3.8, 4) is 0 Å². The van der Waals surface area contributed by atoms with Gasteiger partial charge in [-0.1, -0.05) is 20.8 Å². The maximum absolute atomic E-state index is 12.5. The second kappa shape index (κ2) is 9.48. The summed E-state index contributed by atoms with van der Waals surface area (Å²) in [5.41, 5.74) is 0. The van der Waals surface area contributed by atoms with Crippen LogP contribution in [-0.2, 0) is 4.74 Å². The zero-order valence-corrected chi connectivity index (χ0v) is 15.2. The van der Waals surface area contributed by atoms with E-state index in [1.165, 1.54) is 12.8 Å². The molecule has 1 heterocycles. The number of carbonyl (C=O) groups excluding carboxylic acids is 1. The summed E-state index contributed by atoms with van der Waals surface area (Å²) in [4.78, 5) is 17.0. The molecule has 5 nitrogen and oxygen atoms in total. The lowest BCUT2D eigenvalue weighted by molar-refractivity contribution is 0.0127. The van der Waals surface area contributed by atoms with Crippen LogP contribution in [0.3, 0.4) is 0 Å². The highest BCUT2D eigenvalue weighted by Crippen LogP contribution is 2.29. The van der Waals surface area contributed by atoms with E-state index in [1.54, 1.807) is 0 Å². The van der Waals surface area contributed by atoms with Gasteiger partial charge < -0.3 is 15.0 Å². The molecule has 5 heteroatoms. The Bertz CT molecular complexity index is 352. The molecule has 1 atom stereocenters. The number of rotatable bonds is 9. The molecule has 134 valence electrons. The van der Waals surface area contributed by atoms with Gasteiger partial charge in [0.25, 0.3) is 0 Å². The topological polar surface area (TPSA) is 44.8 Å². The molecule has 1 N–H and O–H groups in total. The molecule has 1 saturated carbocycles. The first-order chi connectivity index (χ1) is 11.1. The Morgan fingerprint density at radius 3 is 2.57 bits per heavy atom. The molecule has 0 aromatic heterocycles. The van der Waals surface area contributed by atoms with Crippen LogP contribution in [0.15, 0.2) is 0 Å². The molecule has 0 spiro atoms. The van der Waals surface area contributed by atoms with E-state index in [-0.39, 0.29) is 6.03 Å². The van der Waals surface area contributed by atoms with Crippen LogP contribution in [0.5, 0.6) is 0 Å². The summed E-state index contributed by atoms with van der Waals surface area (Å²) in [6, 6.07) is 0.549. The fourth-order valence-corrected chi connectivity index (χ4v) is 3.32. The van der Waals surface area contributed by atoms with Gasteiger partial charge in [-0.05, 0) is 37.5 Å². The molecule has 2 aliphatic rings. The molecule has 0 aromatic rings. The number of hydrogen-bond donors (Lipinski definition) is 1. The summed E-state index contributed by atoms with van der Waals surface area (Å²) in [6.45, 7) is 12.8. The molecule has 1 saturated heterocycles. The number of morpholine rings is 1. The first-order valence-corrected chi connectivity index (χ1v) is 9.44. The minimum atomic E-state index is 0.126. The van der Waals surface area contributed by atoms with Gasteiger partial charge in [0.1, 0.15) is 0 Å². The SMILES string of the molecule is CCCN(CC1CC1)C(=O)NCC(CC(C)C)N1CCOCC1. The number of amides is 2. The van der Waals surface area contributed by atoms with Gasteiger partial charge in [-0.3, -0.25) is 4.90 Å². The van der Waals surface area contributed by atoms with Crippen molar-refractivity contribution >= 4 is 6.03 Å². The Balaban J connectivity index is 1.83. The lowest BCUT2D eigenvalue weighted by Gasteiger charge is -2.36. The Morgan fingerprint density at radius 1 is 1.30 bits per heavy atom. The van der Waals surface area contributed by atoms with Gasteiger partial charge in [0.05, 0.1) is 13.2 Å². The van der Waals surface area contributed by atoms with Crippen LogP contribution < -0.4 is 5.32 Å². The van der Waals surface area contributed by atoms with Crippen LogP contribution in [0.4, 0.5) is 4.79 Å². The monoisotopic (exact) mass is 325 g/mol. The maximum atomic E-state index is 12.5. The van der Waals surface area contributed by atoms with Crippen molar-refractivity contribution in [3.05, 3.63) is 0 Å². The fourth-order valence-electron chi connectivity index (χ4n) is 3.32. The van der Waals surface area contributed by atoms with Crippen LogP contribution in [0.2, 0.25) is 0 Å². The van der Waals surface area contributed by atoms with E-state index in [0.717, 1.165) is 64.7 Å². The quantitative estimate of drug-likeness (QED) is 0.708. The number of hydrogen-bond acceptors (Lipinski definition) is 3. The summed E-state index contributed by atoms with van der Waals surface area (Å²) in [7, 11) is 0. The van der Waals surface area contributed by atoms with Crippen LogP contribution in [0.1, 0.15) is 46.5 Å². The summed E-state index contributed by atoms with van der Waals surface area (Å²) in [6.07, 6.45) is 4.73. The van der Waals surface area contributed by atoms with Crippen LogP contribution in [0, 0.1) is 11.8 Å². The highest BCUT2D eigenvalue weighted by molar-refractivity contribution is 5.74. The lowest BCUT2D eigenvalue weighted by atomic mass is 10.0. The standard InChI is InChI=1S/C18H35N3O2/c1-4-7-21(14-16-5-6-16)18(22)19-13-17(12-15(2)3)20-8-10-23-11-9-20/h15-17H,4-14H2,1-3H3,(H,19,22). The van der Waals surface area contributed by atoms with Gasteiger partial charge in [0.2, 0.25) is 0 Å². The van der Waals surface area contributed by atoms with Gasteiger partial charge in [-0.25, -0.2) is 4.79 Å². The molecule has 0 radical (unpaired) electrons. The highest BCUT2D eigenvalue weighted by atomic mass is 16.5. The van der Waals surface area contributed by atoms with E-state index in [9.17, 15) is 4.79 Å². The fraction of sp³-hybridized carbons (Fsp3) is 0.944. The van der Waals surface area contributed by atoms with Gasteiger partial charge in [0.15, 0.2) is 0 Å². The van der Waals surface area contributed by atoms with Crippen LogP contribution in [0.25, 0.3) is 0 Å². The number of carbonyl (C=O) groups is 1. The third-order valence-corrected chi connectivity index (χ3v) is 4.75. The number of nitrogens with one attached hydrogen (secondary N) is 1. The molecule has 23 heavy (non-hydrogen) atoms. The summed E-state index contributed by atoms with van der Waals surface area (Å²) in [5, 5.41) is 3.21. The third-order valence-electron chi connectivity index (χ3n) is 4.75. The number of ether oxygens (including phenoxy) is 1. The minimum absolute atomic E-state index is 0.126. The van der Waals surface area contributed by atoms with Gasteiger partial charge in [0, 0.05) is 38.8 Å². The average molecular weight is 325 g/mol. The van der Waals surface area contributed by atoms with Crippen molar-refractivity contribution in [1.82, 2.24) is 15.1 Å². The van der Waals surface area contributed by atoms with Crippen LogP contribution >= 0.6 is 0 Å². The van der Waals surface area contributed by atoms with E-state index < -0.39 is 0 Å². The molecule has 2 fully saturated rings. The van der Waals surface area contributed by atoms with Gasteiger partial charge in [-0.15, -0.1) is 0 Å². The largest absolute Gasteiger partial charge is 0.379 e. The predicted molar refractivity (Wildman–Crippen MR) is 93.6 cm³/mol. The third kappa shape index (κ3) is 6.68. The predicted octanol–water partition coefficient (Wildman–Crippen LogP) is 2.56. The van der Waals surface area contributed by atoms with E-state index >= 15 is 0 Å². The lowest BCUT2D eigenvalue weighted by Crippen LogP contribution is -2.51. The molecular weight excluding hydrogens is 290 g/mol. The first kappa shape index (κ1) is 18.5. The normalized spacial score (nSPS) is 20.5. The second-order valence-corrected chi connectivity index (χ2v) is 7.51. The second-order valence-electron chi connectivity index (χ2n) is 7.51. The van der Waals surface area contributed by atoms with Crippen molar-refractivity contribution in [2.75, 3.05) is 45.9 Å². The zero-order valence-electron chi connectivity index (χ0n) is 15.2. The molecule has 0 bridgehead atoms.